The predicted octanol–water partition coefficient (Wildman–Crippen LogP) is 3.75. The summed E-state index contributed by atoms with van der Waals surface area (Å²) in [7, 11) is 0. The molecule has 1 aliphatic rings. The first-order valence-electron chi connectivity index (χ1n) is 9.66. The van der Waals surface area contributed by atoms with Crippen molar-refractivity contribution in [2.75, 3.05) is 13.2 Å². The highest BCUT2D eigenvalue weighted by molar-refractivity contribution is 5.82. The summed E-state index contributed by atoms with van der Waals surface area (Å²) < 4.78 is 11.3. The molecule has 26 heavy (non-hydrogen) atoms. The van der Waals surface area contributed by atoms with Crippen LogP contribution in [0.4, 0.5) is 4.79 Å². The first-order chi connectivity index (χ1) is 11.8. The van der Waals surface area contributed by atoms with Crippen LogP contribution in [0.1, 0.15) is 74.1 Å². The quantitative estimate of drug-likeness (QED) is 0.720. The highest BCUT2D eigenvalue weighted by atomic mass is 16.6. The fraction of sp³-hybridized carbons (Fsp3) is 0.900. The lowest BCUT2D eigenvalue weighted by Crippen LogP contribution is -2.46. The molecule has 1 amide bonds. The lowest BCUT2D eigenvalue weighted by atomic mass is 9.83. The van der Waals surface area contributed by atoms with Crippen LogP contribution in [0.3, 0.4) is 0 Å². The molecule has 3 atom stereocenters. The number of amides is 1. The molecule has 0 aliphatic carbocycles. The first kappa shape index (κ1) is 22.7. The lowest BCUT2D eigenvalue weighted by molar-refractivity contribution is -0.161. The summed E-state index contributed by atoms with van der Waals surface area (Å²) in [5.41, 5.74) is -0.809. The molecule has 1 fully saturated rings. The zero-order valence-electron chi connectivity index (χ0n) is 17.5. The van der Waals surface area contributed by atoms with E-state index in [-0.39, 0.29) is 30.0 Å². The average Bonchev–Trinajstić information content (AvgIpc) is 2.93. The Morgan fingerprint density at radius 1 is 1.19 bits per heavy atom. The number of likely N-dealkylation sites (tertiary alicyclic amines) is 1. The van der Waals surface area contributed by atoms with Crippen LogP contribution in [-0.2, 0) is 14.3 Å². The van der Waals surface area contributed by atoms with Gasteiger partial charge in [0.2, 0.25) is 0 Å². The van der Waals surface area contributed by atoms with Crippen molar-refractivity contribution in [2.24, 2.45) is 11.3 Å². The van der Waals surface area contributed by atoms with Crippen molar-refractivity contribution in [1.29, 1.82) is 0 Å². The Labute approximate surface area is 158 Å². The molecule has 1 N–H and O–H groups in total. The monoisotopic (exact) mass is 371 g/mol. The summed E-state index contributed by atoms with van der Waals surface area (Å²) in [6.07, 6.45) is 2.00. The van der Waals surface area contributed by atoms with E-state index in [1.54, 1.807) is 0 Å². The van der Waals surface area contributed by atoms with Gasteiger partial charge in [-0.25, -0.2) is 9.59 Å². The van der Waals surface area contributed by atoms with E-state index < -0.39 is 17.7 Å². The van der Waals surface area contributed by atoms with Crippen molar-refractivity contribution in [2.45, 2.75) is 91.9 Å². The van der Waals surface area contributed by atoms with E-state index in [0.29, 0.717) is 25.8 Å². The van der Waals surface area contributed by atoms with Crippen molar-refractivity contribution < 1.29 is 24.2 Å². The fourth-order valence-electron chi connectivity index (χ4n) is 3.05. The molecule has 6 nitrogen and oxygen atoms in total. The van der Waals surface area contributed by atoms with Gasteiger partial charge in [-0.2, -0.15) is 0 Å². The largest absolute Gasteiger partial charge is 0.460 e. The van der Waals surface area contributed by atoms with Crippen LogP contribution in [0.5, 0.6) is 0 Å². The normalized spacial score (nSPS) is 20.6. The number of esters is 1. The molecule has 1 saturated heterocycles. The summed E-state index contributed by atoms with van der Waals surface area (Å²) >= 11 is 0. The Balaban J connectivity index is 2.79. The Hall–Kier alpha value is -1.30. The minimum absolute atomic E-state index is 0.126. The van der Waals surface area contributed by atoms with E-state index in [4.69, 9.17) is 14.6 Å². The third kappa shape index (κ3) is 7.14. The van der Waals surface area contributed by atoms with Gasteiger partial charge >= 0.3 is 12.1 Å². The molecule has 0 bridgehead atoms. The lowest BCUT2D eigenvalue weighted by Gasteiger charge is -2.34. The van der Waals surface area contributed by atoms with Gasteiger partial charge in [0.05, 0.1) is 0 Å². The zero-order valence-corrected chi connectivity index (χ0v) is 17.5. The molecule has 6 heteroatoms. The summed E-state index contributed by atoms with van der Waals surface area (Å²) in [5, 5.41) is 9.13. The van der Waals surface area contributed by atoms with Crippen LogP contribution in [-0.4, -0.2) is 53.0 Å². The minimum atomic E-state index is -0.595. The fourth-order valence-corrected chi connectivity index (χ4v) is 3.05. The van der Waals surface area contributed by atoms with Crippen LogP contribution in [0.25, 0.3) is 0 Å². The van der Waals surface area contributed by atoms with E-state index in [2.05, 4.69) is 0 Å². The molecule has 152 valence electrons. The van der Waals surface area contributed by atoms with Crippen molar-refractivity contribution in [1.82, 2.24) is 4.90 Å². The highest BCUT2D eigenvalue weighted by Gasteiger charge is 2.40. The highest BCUT2D eigenvalue weighted by Crippen LogP contribution is 2.30. The van der Waals surface area contributed by atoms with Gasteiger partial charge in [0.1, 0.15) is 17.7 Å². The first-order valence-corrected chi connectivity index (χ1v) is 9.66. The van der Waals surface area contributed by atoms with E-state index in [0.717, 1.165) is 6.42 Å². The number of hydrogen-bond acceptors (Lipinski definition) is 5. The van der Waals surface area contributed by atoms with Crippen LogP contribution < -0.4 is 0 Å². The Morgan fingerprint density at radius 2 is 1.81 bits per heavy atom. The topological polar surface area (TPSA) is 76.1 Å². The standard InChI is InChI=1S/C20H37NO5/c1-14(10-12-22)13-16(19(2,3)4)25-17(23)15-9-8-11-21(15)18(24)26-20(5,6)7/h14-16,22H,8-13H2,1-7H3/t14-,15-,16-/m0/s1. The minimum Gasteiger partial charge on any atom is -0.460 e. The molecular weight excluding hydrogens is 334 g/mol. The SMILES string of the molecule is C[C@@H](CCO)C[C@H](OC(=O)[C@@H]1CCCN1C(=O)OC(C)(C)C)C(C)(C)C. The van der Waals surface area contributed by atoms with E-state index in [9.17, 15) is 9.59 Å². The Morgan fingerprint density at radius 3 is 2.31 bits per heavy atom. The third-order valence-electron chi connectivity index (χ3n) is 4.62. The van der Waals surface area contributed by atoms with Gasteiger partial charge in [-0.3, -0.25) is 4.90 Å². The molecule has 1 heterocycles. The smallest absolute Gasteiger partial charge is 0.411 e. The molecule has 0 aromatic carbocycles. The van der Waals surface area contributed by atoms with Crippen LogP contribution in [0.15, 0.2) is 0 Å². The maximum absolute atomic E-state index is 12.8. The Bertz CT molecular complexity index is 478. The third-order valence-corrected chi connectivity index (χ3v) is 4.62. The predicted molar refractivity (Wildman–Crippen MR) is 101 cm³/mol. The number of carbonyl (C=O) groups excluding carboxylic acids is 2. The van der Waals surface area contributed by atoms with Gasteiger partial charge in [0, 0.05) is 13.2 Å². The molecule has 0 saturated carbocycles. The van der Waals surface area contributed by atoms with Gasteiger partial charge in [-0.1, -0.05) is 27.7 Å². The number of aliphatic hydroxyl groups is 1. The number of rotatable bonds is 6. The second kappa shape index (κ2) is 9.07. The maximum Gasteiger partial charge on any atom is 0.411 e. The molecule has 0 aromatic heterocycles. The molecule has 1 rings (SSSR count). The number of aliphatic hydroxyl groups excluding tert-OH is 1. The second-order valence-corrected chi connectivity index (χ2v) is 9.48. The van der Waals surface area contributed by atoms with Gasteiger partial charge < -0.3 is 14.6 Å². The van der Waals surface area contributed by atoms with Crippen LogP contribution >= 0.6 is 0 Å². The zero-order chi connectivity index (χ0) is 20.1. The molecule has 1 aliphatic heterocycles. The summed E-state index contributed by atoms with van der Waals surface area (Å²) in [4.78, 5) is 26.7. The van der Waals surface area contributed by atoms with Crippen molar-refractivity contribution in [3.8, 4) is 0 Å². The van der Waals surface area contributed by atoms with Gasteiger partial charge in [0.15, 0.2) is 0 Å². The number of nitrogens with zero attached hydrogens (tertiary/aromatic N) is 1. The second-order valence-electron chi connectivity index (χ2n) is 9.48. The summed E-state index contributed by atoms with van der Waals surface area (Å²) in [6, 6.07) is -0.581. The van der Waals surface area contributed by atoms with Gasteiger partial charge in [-0.05, 0) is 57.8 Å². The van der Waals surface area contributed by atoms with Gasteiger partial charge in [-0.15, -0.1) is 0 Å². The summed E-state index contributed by atoms with van der Waals surface area (Å²) in [6.45, 7) is 14.2. The Kier molecular flexibility index (Phi) is 7.93. The van der Waals surface area contributed by atoms with E-state index >= 15 is 0 Å². The number of ether oxygens (including phenoxy) is 2. The van der Waals surface area contributed by atoms with Crippen molar-refractivity contribution in [3.05, 3.63) is 0 Å². The van der Waals surface area contributed by atoms with E-state index in [1.165, 1.54) is 4.90 Å². The van der Waals surface area contributed by atoms with Crippen LogP contribution in [0.2, 0.25) is 0 Å². The number of hydrogen-bond donors (Lipinski definition) is 1. The maximum atomic E-state index is 12.8. The molecule has 0 unspecified atom stereocenters. The number of carbonyl (C=O) groups is 2. The van der Waals surface area contributed by atoms with Crippen molar-refractivity contribution >= 4 is 12.1 Å². The van der Waals surface area contributed by atoms with Crippen LogP contribution in [0, 0.1) is 11.3 Å². The molecule has 0 radical (unpaired) electrons. The van der Waals surface area contributed by atoms with Gasteiger partial charge in [0.25, 0.3) is 0 Å². The summed E-state index contributed by atoms with van der Waals surface area (Å²) in [5.74, 6) is -0.105. The molecule has 0 spiro atoms. The average molecular weight is 372 g/mol. The van der Waals surface area contributed by atoms with E-state index in [1.807, 2.05) is 48.5 Å². The molecule has 0 aromatic rings. The molecular formula is C20H37NO5. The van der Waals surface area contributed by atoms with Crippen molar-refractivity contribution in [3.63, 3.8) is 0 Å².